The summed E-state index contributed by atoms with van der Waals surface area (Å²) in [5.74, 6) is 0.114. The van der Waals surface area contributed by atoms with Crippen LogP contribution >= 0.6 is 11.6 Å². The molecule has 0 spiro atoms. The zero-order valence-electron chi connectivity index (χ0n) is 12.3. The molecule has 0 saturated carbocycles. The van der Waals surface area contributed by atoms with Gasteiger partial charge in [0, 0.05) is 23.4 Å². The Morgan fingerprint density at radius 3 is 2.82 bits per heavy atom. The second-order valence-electron chi connectivity index (χ2n) is 5.43. The van der Waals surface area contributed by atoms with E-state index in [1.807, 2.05) is 18.2 Å². The molecule has 2 aromatic rings. The molecule has 0 amide bonds. The Kier molecular flexibility index (Phi) is 3.79. The fourth-order valence-electron chi connectivity index (χ4n) is 2.99. The van der Waals surface area contributed by atoms with Crippen molar-refractivity contribution in [3.8, 4) is 0 Å². The number of benzene rings is 1. The van der Waals surface area contributed by atoms with Crippen molar-refractivity contribution in [1.82, 2.24) is 0 Å². The van der Waals surface area contributed by atoms with E-state index in [9.17, 15) is 9.59 Å². The van der Waals surface area contributed by atoms with Crippen molar-refractivity contribution >= 4 is 23.4 Å². The van der Waals surface area contributed by atoms with Crippen LogP contribution in [0.5, 0.6) is 0 Å². The lowest BCUT2D eigenvalue weighted by molar-refractivity contribution is 0.0561. The number of fused-ring (bicyclic) bond motifs is 1. The lowest BCUT2D eigenvalue weighted by Gasteiger charge is -2.21. The van der Waals surface area contributed by atoms with Gasteiger partial charge in [0.1, 0.15) is 5.76 Å². The first-order chi connectivity index (χ1) is 10.5. The van der Waals surface area contributed by atoms with Crippen LogP contribution in [0.15, 0.2) is 28.7 Å². The highest BCUT2D eigenvalue weighted by atomic mass is 35.5. The molecule has 1 aliphatic rings. The molecule has 4 nitrogen and oxygen atoms in total. The maximum absolute atomic E-state index is 12.5. The van der Waals surface area contributed by atoms with Crippen molar-refractivity contribution in [2.24, 2.45) is 0 Å². The van der Waals surface area contributed by atoms with Crippen LogP contribution in [-0.4, -0.2) is 18.9 Å². The largest absolute Gasteiger partial charge is 0.463 e. The minimum atomic E-state index is -0.556. The molecule has 0 unspecified atom stereocenters. The Bertz CT molecular complexity index is 760. The smallest absolute Gasteiger partial charge is 0.374 e. The summed E-state index contributed by atoms with van der Waals surface area (Å²) in [6, 6.07) is 7.48. The molecule has 0 saturated heterocycles. The maximum Gasteiger partial charge on any atom is 0.374 e. The number of hydrogen-bond acceptors (Lipinski definition) is 4. The van der Waals surface area contributed by atoms with E-state index in [1.165, 1.54) is 7.11 Å². The number of rotatable bonds is 2. The summed E-state index contributed by atoms with van der Waals surface area (Å²) < 4.78 is 10.3. The number of furan rings is 1. The van der Waals surface area contributed by atoms with Crippen LogP contribution < -0.4 is 0 Å². The van der Waals surface area contributed by atoms with E-state index in [0.717, 1.165) is 5.56 Å². The lowest BCUT2D eigenvalue weighted by atomic mass is 9.82. The van der Waals surface area contributed by atoms with Gasteiger partial charge in [-0.3, -0.25) is 4.79 Å². The Morgan fingerprint density at radius 1 is 1.36 bits per heavy atom. The summed E-state index contributed by atoms with van der Waals surface area (Å²) in [5, 5.41) is 0.640. The van der Waals surface area contributed by atoms with E-state index in [0.29, 0.717) is 34.8 Å². The van der Waals surface area contributed by atoms with Crippen molar-refractivity contribution < 1.29 is 18.7 Å². The molecule has 1 aliphatic carbocycles. The zero-order chi connectivity index (χ0) is 15.9. The molecule has 114 valence electrons. The molecule has 22 heavy (non-hydrogen) atoms. The number of hydrogen-bond donors (Lipinski definition) is 0. The van der Waals surface area contributed by atoms with Gasteiger partial charge in [0.05, 0.1) is 12.7 Å². The predicted molar refractivity (Wildman–Crippen MR) is 81.6 cm³/mol. The summed E-state index contributed by atoms with van der Waals surface area (Å²) in [6.07, 6.45) is 0.952. The monoisotopic (exact) mass is 318 g/mol. The van der Waals surface area contributed by atoms with Gasteiger partial charge in [-0.15, -0.1) is 0 Å². The number of Topliss-reactive ketones (excluding diaryl/α,β-unsaturated/α-hetero) is 1. The Hall–Kier alpha value is -2.07. The standard InChI is InChI=1S/C17H15ClO4/c1-9-15-13(19)7-11(10-4-3-5-12(18)6-10)8-14(15)22-16(9)17(20)21-2/h3-6,11H,7-8H2,1-2H3/t11-/m1/s1. The van der Waals surface area contributed by atoms with Gasteiger partial charge >= 0.3 is 5.97 Å². The van der Waals surface area contributed by atoms with Gasteiger partial charge in [0.25, 0.3) is 0 Å². The number of esters is 1. The second kappa shape index (κ2) is 5.61. The third-order valence-corrected chi connectivity index (χ3v) is 4.29. The molecule has 1 aromatic heterocycles. The first-order valence-electron chi connectivity index (χ1n) is 7.00. The van der Waals surface area contributed by atoms with Crippen LogP contribution in [0, 0.1) is 6.92 Å². The molecular weight excluding hydrogens is 304 g/mol. The normalized spacial score (nSPS) is 17.2. The van der Waals surface area contributed by atoms with E-state index in [-0.39, 0.29) is 17.5 Å². The van der Waals surface area contributed by atoms with Crippen molar-refractivity contribution in [2.45, 2.75) is 25.7 Å². The Morgan fingerprint density at radius 2 is 2.14 bits per heavy atom. The van der Waals surface area contributed by atoms with Gasteiger partial charge in [-0.25, -0.2) is 4.79 Å². The Balaban J connectivity index is 1.99. The molecule has 0 fully saturated rings. The molecule has 5 heteroatoms. The topological polar surface area (TPSA) is 56.5 Å². The van der Waals surface area contributed by atoms with Crippen LogP contribution in [0.3, 0.4) is 0 Å². The third kappa shape index (κ3) is 2.44. The minimum Gasteiger partial charge on any atom is -0.463 e. The van der Waals surface area contributed by atoms with E-state index in [4.69, 9.17) is 20.8 Å². The molecule has 1 aromatic carbocycles. The zero-order valence-corrected chi connectivity index (χ0v) is 13.1. The molecule has 0 radical (unpaired) electrons. The fraction of sp³-hybridized carbons (Fsp3) is 0.294. The van der Waals surface area contributed by atoms with Crippen LogP contribution in [0.25, 0.3) is 0 Å². The number of carbonyl (C=O) groups is 2. The lowest BCUT2D eigenvalue weighted by Crippen LogP contribution is -2.18. The average Bonchev–Trinajstić information content (AvgIpc) is 2.84. The number of ether oxygens (including phenoxy) is 1. The molecule has 1 atom stereocenters. The molecule has 3 rings (SSSR count). The molecule has 0 aliphatic heterocycles. The maximum atomic E-state index is 12.5. The van der Waals surface area contributed by atoms with Crippen LogP contribution in [-0.2, 0) is 11.2 Å². The van der Waals surface area contributed by atoms with Crippen LogP contribution in [0.4, 0.5) is 0 Å². The van der Waals surface area contributed by atoms with E-state index >= 15 is 0 Å². The number of ketones is 1. The second-order valence-corrected chi connectivity index (χ2v) is 5.87. The van der Waals surface area contributed by atoms with Crippen molar-refractivity contribution in [1.29, 1.82) is 0 Å². The summed E-state index contributed by atoms with van der Waals surface area (Å²) >= 11 is 6.02. The van der Waals surface area contributed by atoms with E-state index in [2.05, 4.69) is 0 Å². The summed E-state index contributed by atoms with van der Waals surface area (Å²) in [7, 11) is 1.29. The quantitative estimate of drug-likeness (QED) is 0.787. The first-order valence-corrected chi connectivity index (χ1v) is 7.38. The van der Waals surface area contributed by atoms with Gasteiger partial charge in [-0.05, 0) is 30.5 Å². The first kappa shape index (κ1) is 14.9. The highest BCUT2D eigenvalue weighted by molar-refractivity contribution is 6.30. The van der Waals surface area contributed by atoms with E-state index < -0.39 is 5.97 Å². The number of methoxy groups -OCH3 is 1. The van der Waals surface area contributed by atoms with Gasteiger partial charge in [-0.1, -0.05) is 23.7 Å². The summed E-state index contributed by atoms with van der Waals surface area (Å²) in [5.41, 5.74) is 2.09. The predicted octanol–water partition coefficient (Wildman–Crippen LogP) is 3.94. The van der Waals surface area contributed by atoms with Crippen molar-refractivity contribution in [2.75, 3.05) is 7.11 Å². The molecule has 0 N–H and O–H groups in total. The van der Waals surface area contributed by atoms with Gasteiger partial charge in [0.2, 0.25) is 5.76 Å². The molecular formula is C17H15ClO4. The van der Waals surface area contributed by atoms with Crippen molar-refractivity contribution in [3.05, 3.63) is 57.5 Å². The number of halogens is 1. The van der Waals surface area contributed by atoms with Crippen LogP contribution in [0.2, 0.25) is 5.02 Å². The van der Waals surface area contributed by atoms with Gasteiger partial charge < -0.3 is 9.15 Å². The minimum absolute atomic E-state index is 0.00902. The average molecular weight is 319 g/mol. The van der Waals surface area contributed by atoms with Crippen LogP contribution in [0.1, 0.15) is 50.1 Å². The highest BCUT2D eigenvalue weighted by Crippen LogP contribution is 2.37. The van der Waals surface area contributed by atoms with Gasteiger partial charge in [-0.2, -0.15) is 0 Å². The molecule has 1 heterocycles. The fourth-order valence-corrected chi connectivity index (χ4v) is 3.19. The third-order valence-electron chi connectivity index (χ3n) is 4.05. The highest BCUT2D eigenvalue weighted by Gasteiger charge is 2.34. The van der Waals surface area contributed by atoms with E-state index in [1.54, 1.807) is 13.0 Å². The summed E-state index contributed by atoms with van der Waals surface area (Å²) in [4.78, 5) is 24.2. The summed E-state index contributed by atoms with van der Waals surface area (Å²) in [6.45, 7) is 1.71. The number of carbonyl (C=O) groups excluding carboxylic acids is 2. The van der Waals surface area contributed by atoms with Gasteiger partial charge in [0.15, 0.2) is 5.78 Å². The SMILES string of the molecule is COC(=O)c1oc2c(c1C)C(=O)C[C@@H](c1cccc(Cl)c1)C2. The molecule has 0 bridgehead atoms. The van der Waals surface area contributed by atoms with Crippen molar-refractivity contribution in [3.63, 3.8) is 0 Å². The Labute approximate surface area is 133 Å².